The van der Waals surface area contributed by atoms with Gasteiger partial charge in [-0.1, -0.05) is 37.8 Å². The fourth-order valence-electron chi connectivity index (χ4n) is 1.95. The van der Waals surface area contributed by atoms with Gasteiger partial charge in [0.1, 0.15) is 0 Å². The van der Waals surface area contributed by atoms with Gasteiger partial charge < -0.3 is 10.1 Å². The van der Waals surface area contributed by atoms with Crippen molar-refractivity contribution in [1.82, 2.24) is 0 Å². The lowest BCUT2D eigenvalue weighted by molar-refractivity contribution is -0.118. The van der Waals surface area contributed by atoms with Gasteiger partial charge in [-0.15, -0.1) is 0 Å². The lowest BCUT2D eigenvalue weighted by atomic mass is 10.1. The highest BCUT2D eigenvalue weighted by Crippen LogP contribution is 2.12. The monoisotopic (exact) mass is 321 g/mol. The van der Waals surface area contributed by atoms with Gasteiger partial charge in [0, 0.05) is 22.7 Å². The number of esters is 1. The van der Waals surface area contributed by atoms with Crippen LogP contribution in [0.25, 0.3) is 0 Å². The zero-order chi connectivity index (χ0) is 17.5. The summed E-state index contributed by atoms with van der Waals surface area (Å²) in [6.07, 6.45) is 0. The van der Waals surface area contributed by atoms with Crippen LogP contribution in [-0.2, 0) is 9.53 Å². The average Bonchev–Trinajstić information content (AvgIpc) is 2.59. The van der Waals surface area contributed by atoms with E-state index in [1.54, 1.807) is 18.2 Å². The first-order chi connectivity index (χ1) is 11.5. The molecule has 0 aromatic heterocycles. The van der Waals surface area contributed by atoms with E-state index in [1.165, 1.54) is 7.11 Å². The summed E-state index contributed by atoms with van der Waals surface area (Å²) in [4.78, 5) is 23.3. The van der Waals surface area contributed by atoms with Crippen molar-refractivity contribution in [2.45, 2.75) is 13.8 Å². The summed E-state index contributed by atoms with van der Waals surface area (Å²) in [6.45, 7) is 3.68. The van der Waals surface area contributed by atoms with E-state index in [9.17, 15) is 9.59 Å². The molecule has 1 amide bonds. The topological polar surface area (TPSA) is 55.4 Å². The van der Waals surface area contributed by atoms with E-state index in [0.29, 0.717) is 11.3 Å². The molecular weight excluding hydrogens is 302 g/mol. The van der Waals surface area contributed by atoms with Crippen molar-refractivity contribution >= 4 is 17.6 Å². The fraction of sp³-hybridized carbons (Fsp3) is 0.200. The number of carbonyl (C=O) groups is 2. The van der Waals surface area contributed by atoms with Gasteiger partial charge in [-0.3, -0.25) is 4.79 Å². The van der Waals surface area contributed by atoms with Gasteiger partial charge in [0.15, 0.2) is 0 Å². The Hall–Kier alpha value is -3.06. The quantitative estimate of drug-likeness (QED) is 0.696. The molecule has 0 atom stereocenters. The number of methoxy groups -OCH3 is 1. The maximum absolute atomic E-state index is 11.7. The number of ether oxygens (including phenoxy) is 1. The smallest absolute Gasteiger partial charge is 0.337 e. The third-order valence-electron chi connectivity index (χ3n) is 3.29. The Bertz CT molecular complexity index is 813. The Balaban J connectivity index is 2.19. The first kappa shape index (κ1) is 17.3. The largest absolute Gasteiger partial charge is 0.465 e. The molecule has 24 heavy (non-hydrogen) atoms. The first-order valence-electron chi connectivity index (χ1n) is 7.61. The predicted octanol–water partition coefficient (Wildman–Crippen LogP) is 3.47. The molecule has 0 saturated carbocycles. The minimum absolute atomic E-state index is 0.0362. The molecule has 0 aliphatic rings. The molecule has 0 spiro atoms. The summed E-state index contributed by atoms with van der Waals surface area (Å²) in [5.74, 6) is 5.54. The number of benzene rings is 2. The molecule has 0 heterocycles. The average molecular weight is 321 g/mol. The highest BCUT2D eigenvalue weighted by Gasteiger charge is 2.07. The molecule has 0 aliphatic carbocycles. The van der Waals surface area contributed by atoms with Crippen LogP contribution >= 0.6 is 0 Å². The molecule has 2 aromatic carbocycles. The minimum atomic E-state index is -0.392. The Kier molecular flexibility index (Phi) is 5.75. The Morgan fingerprint density at radius 2 is 1.62 bits per heavy atom. The van der Waals surface area contributed by atoms with E-state index in [-0.39, 0.29) is 11.8 Å². The van der Waals surface area contributed by atoms with Crippen molar-refractivity contribution in [1.29, 1.82) is 0 Å². The van der Waals surface area contributed by atoms with Crippen LogP contribution < -0.4 is 5.32 Å². The number of rotatable bonds is 3. The SMILES string of the molecule is COC(=O)c1cccc(C#Cc2cccc(NC(=O)C(C)C)c2)c1. The Morgan fingerprint density at radius 1 is 1.00 bits per heavy atom. The molecule has 4 heteroatoms. The molecule has 0 aliphatic heterocycles. The zero-order valence-corrected chi connectivity index (χ0v) is 13.9. The molecule has 1 N–H and O–H groups in total. The second-order valence-corrected chi connectivity index (χ2v) is 5.55. The number of anilines is 1. The Morgan fingerprint density at radius 3 is 2.25 bits per heavy atom. The van der Waals surface area contributed by atoms with Crippen LogP contribution in [-0.4, -0.2) is 19.0 Å². The summed E-state index contributed by atoms with van der Waals surface area (Å²) >= 11 is 0. The van der Waals surface area contributed by atoms with Crippen LogP contribution in [0.1, 0.15) is 35.3 Å². The van der Waals surface area contributed by atoms with Gasteiger partial charge >= 0.3 is 5.97 Å². The van der Waals surface area contributed by atoms with Crippen molar-refractivity contribution in [3.05, 3.63) is 65.2 Å². The molecule has 2 aromatic rings. The maximum Gasteiger partial charge on any atom is 0.337 e. The maximum atomic E-state index is 11.7. The van der Waals surface area contributed by atoms with Crippen LogP contribution in [0, 0.1) is 17.8 Å². The van der Waals surface area contributed by atoms with Gasteiger partial charge in [-0.2, -0.15) is 0 Å². The van der Waals surface area contributed by atoms with Gasteiger partial charge in [-0.25, -0.2) is 4.79 Å². The Labute approximate surface area is 141 Å². The molecule has 2 rings (SSSR count). The summed E-state index contributed by atoms with van der Waals surface area (Å²) in [5.41, 5.74) is 2.67. The fourth-order valence-corrected chi connectivity index (χ4v) is 1.95. The van der Waals surface area contributed by atoms with E-state index < -0.39 is 5.97 Å². The molecular formula is C20H19NO3. The van der Waals surface area contributed by atoms with Crippen molar-refractivity contribution < 1.29 is 14.3 Å². The molecule has 4 nitrogen and oxygen atoms in total. The third kappa shape index (κ3) is 4.72. The van der Waals surface area contributed by atoms with Crippen LogP contribution in [0.2, 0.25) is 0 Å². The standard InChI is InChI=1S/C20H19NO3/c1-14(2)19(22)21-18-9-5-7-16(13-18)11-10-15-6-4-8-17(12-15)20(23)24-3/h4-9,12-14H,1-3H3,(H,21,22). The summed E-state index contributed by atoms with van der Waals surface area (Å²) < 4.78 is 4.70. The molecule has 0 fully saturated rings. The molecule has 0 radical (unpaired) electrons. The van der Waals surface area contributed by atoms with Gasteiger partial charge in [-0.05, 0) is 36.4 Å². The number of hydrogen-bond donors (Lipinski definition) is 1. The highest BCUT2D eigenvalue weighted by molar-refractivity contribution is 5.92. The van der Waals surface area contributed by atoms with Crippen LogP contribution in [0.15, 0.2) is 48.5 Å². The van der Waals surface area contributed by atoms with Gasteiger partial charge in [0.25, 0.3) is 0 Å². The van der Waals surface area contributed by atoms with E-state index in [4.69, 9.17) is 4.74 Å². The lowest BCUT2D eigenvalue weighted by Gasteiger charge is -2.07. The van der Waals surface area contributed by atoms with Crippen molar-refractivity contribution in [3.8, 4) is 11.8 Å². The normalized spacial score (nSPS) is 9.83. The van der Waals surface area contributed by atoms with Gasteiger partial charge in [0.2, 0.25) is 5.91 Å². The lowest BCUT2D eigenvalue weighted by Crippen LogP contribution is -2.17. The zero-order valence-electron chi connectivity index (χ0n) is 13.9. The third-order valence-corrected chi connectivity index (χ3v) is 3.29. The summed E-state index contributed by atoms with van der Waals surface area (Å²) in [7, 11) is 1.34. The number of carbonyl (C=O) groups excluding carboxylic acids is 2. The summed E-state index contributed by atoms with van der Waals surface area (Å²) in [6, 6.07) is 14.3. The molecule has 0 bridgehead atoms. The first-order valence-corrected chi connectivity index (χ1v) is 7.61. The van der Waals surface area contributed by atoms with Crippen LogP contribution in [0.4, 0.5) is 5.69 Å². The van der Waals surface area contributed by atoms with Crippen LogP contribution in [0.5, 0.6) is 0 Å². The van der Waals surface area contributed by atoms with E-state index in [1.807, 2.05) is 44.2 Å². The second-order valence-electron chi connectivity index (χ2n) is 5.55. The van der Waals surface area contributed by atoms with Crippen molar-refractivity contribution in [2.24, 2.45) is 5.92 Å². The number of hydrogen-bond acceptors (Lipinski definition) is 3. The van der Waals surface area contributed by atoms with E-state index in [0.717, 1.165) is 11.1 Å². The number of nitrogens with one attached hydrogen (secondary N) is 1. The van der Waals surface area contributed by atoms with Crippen LogP contribution in [0.3, 0.4) is 0 Å². The predicted molar refractivity (Wildman–Crippen MR) is 93.7 cm³/mol. The number of amides is 1. The summed E-state index contributed by atoms with van der Waals surface area (Å²) in [5, 5.41) is 2.84. The van der Waals surface area contributed by atoms with Crippen molar-refractivity contribution in [2.75, 3.05) is 12.4 Å². The van der Waals surface area contributed by atoms with Gasteiger partial charge in [0.05, 0.1) is 12.7 Å². The van der Waals surface area contributed by atoms with E-state index >= 15 is 0 Å². The van der Waals surface area contributed by atoms with Crippen molar-refractivity contribution in [3.63, 3.8) is 0 Å². The highest BCUT2D eigenvalue weighted by atomic mass is 16.5. The molecule has 0 saturated heterocycles. The minimum Gasteiger partial charge on any atom is -0.465 e. The molecule has 0 unspecified atom stereocenters. The second kappa shape index (κ2) is 7.98. The van der Waals surface area contributed by atoms with E-state index in [2.05, 4.69) is 17.2 Å². The molecule has 122 valence electrons.